The predicted molar refractivity (Wildman–Crippen MR) is 107 cm³/mol. The Balaban J connectivity index is 1.38. The van der Waals surface area contributed by atoms with E-state index in [-0.39, 0.29) is 11.8 Å². The van der Waals surface area contributed by atoms with Gasteiger partial charge >= 0.3 is 0 Å². The summed E-state index contributed by atoms with van der Waals surface area (Å²) in [5.41, 5.74) is 1.98. The first-order chi connectivity index (χ1) is 13.1. The number of anilines is 2. The number of nitrogens with zero attached hydrogens (tertiary/aromatic N) is 3. The molecule has 2 aliphatic rings. The van der Waals surface area contributed by atoms with Crippen molar-refractivity contribution in [3.63, 3.8) is 0 Å². The van der Waals surface area contributed by atoms with Crippen molar-refractivity contribution in [2.75, 3.05) is 42.5 Å². The SMILES string of the molecule is O=C(C1CCN(c2ccc(Cl)cc2)C1=O)N1CCN(c2ccccc2)CC1. The molecule has 5 nitrogen and oxygen atoms in total. The topological polar surface area (TPSA) is 43.9 Å². The van der Waals surface area contributed by atoms with Crippen molar-refractivity contribution in [2.24, 2.45) is 5.92 Å². The van der Waals surface area contributed by atoms with Gasteiger partial charge in [0.15, 0.2) is 0 Å². The van der Waals surface area contributed by atoms with Crippen LogP contribution in [0.5, 0.6) is 0 Å². The molecule has 1 atom stereocenters. The molecular formula is C21H22ClN3O2. The zero-order valence-electron chi connectivity index (χ0n) is 15.1. The second-order valence-electron chi connectivity index (χ2n) is 6.96. The molecule has 2 amide bonds. The highest BCUT2D eigenvalue weighted by molar-refractivity contribution is 6.30. The van der Waals surface area contributed by atoms with Gasteiger partial charge < -0.3 is 14.7 Å². The van der Waals surface area contributed by atoms with Gasteiger partial charge in [0, 0.05) is 49.1 Å². The van der Waals surface area contributed by atoms with Crippen LogP contribution in [0.4, 0.5) is 11.4 Å². The molecular weight excluding hydrogens is 362 g/mol. The Morgan fingerprint density at radius 3 is 2.19 bits per heavy atom. The molecule has 2 fully saturated rings. The normalized spacial score (nSPS) is 20.3. The lowest BCUT2D eigenvalue weighted by Gasteiger charge is -2.37. The second kappa shape index (κ2) is 7.61. The fourth-order valence-corrected chi connectivity index (χ4v) is 3.96. The van der Waals surface area contributed by atoms with Gasteiger partial charge in [-0.05, 0) is 42.8 Å². The summed E-state index contributed by atoms with van der Waals surface area (Å²) < 4.78 is 0. The Morgan fingerprint density at radius 1 is 0.852 bits per heavy atom. The van der Waals surface area contributed by atoms with E-state index in [2.05, 4.69) is 17.0 Å². The molecule has 4 rings (SSSR count). The molecule has 0 radical (unpaired) electrons. The minimum absolute atomic E-state index is 0.0378. The van der Waals surface area contributed by atoms with Crippen molar-refractivity contribution >= 4 is 34.8 Å². The largest absolute Gasteiger partial charge is 0.368 e. The molecule has 0 spiro atoms. The molecule has 2 aliphatic heterocycles. The Hall–Kier alpha value is -2.53. The molecule has 140 valence electrons. The van der Waals surface area contributed by atoms with Crippen LogP contribution in [-0.2, 0) is 9.59 Å². The van der Waals surface area contributed by atoms with Gasteiger partial charge in [0.1, 0.15) is 5.92 Å². The first-order valence-electron chi connectivity index (χ1n) is 9.29. The van der Waals surface area contributed by atoms with E-state index in [1.54, 1.807) is 17.0 Å². The van der Waals surface area contributed by atoms with Gasteiger partial charge in [0.25, 0.3) is 0 Å². The number of hydrogen-bond donors (Lipinski definition) is 0. The molecule has 0 N–H and O–H groups in total. The monoisotopic (exact) mass is 383 g/mol. The van der Waals surface area contributed by atoms with E-state index in [0.717, 1.165) is 18.8 Å². The molecule has 0 bridgehead atoms. The molecule has 2 saturated heterocycles. The fraction of sp³-hybridized carbons (Fsp3) is 0.333. The van der Waals surface area contributed by atoms with Crippen LogP contribution < -0.4 is 9.80 Å². The summed E-state index contributed by atoms with van der Waals surface area (Å²) in [4.78, 5) is 31.5. The summed E-state index contributed by atoms with van der Waals surface area (Å²) in [5.74, 6) is -0.707. The molecule has 2 aromatic rings. The third kappa shape index (κ3) is 3.65. The zero-order valence-corrected chi connectivity index (χ0v) is 15.8. The standard InChI is InChI=1S/C21H22ClN3O2/c22-16-6-8-18(9-7-16)25-11-10-19(21(25)27)20(26)24-14-12-23(13-15-24)17-4-2-1-3-5-17/h1-9,19H,10-15H2. The van der Waals surface area contributed by atoms with Gasteiger partial charge in [-0.2, -0.15) is 0 Å². The molecule has 0 saturated carbocycles. The summed E-state index contributed by atoms with van der Waals surface area (Å²) in [6.45, 7) is 3.45. The van der Waals surface area contributed by atoms with Gasteiger partial charge in [-0.15, -0.1) is 0 Å². The second-order valence-corrected chi connectivity index (χ2v) is 7.39. The van der Waals surface area contributed by atoms with Crippen LogP contribution in [-0.4, -0.2) is 49.4 Å². The minimum atomic E-state index is -0.566. The van der Waals surface area contributed by atoms with E-state index < -0.39 is 5.92 Å². The fourth-order valence-electron chi connectivity index (χ4n) is 3.83. The number of carbonyl (C=O) groups excluding carboxylic acids is 2. The number of benzene rings is 2. The quantitative estimate of drug-likeness (QED) is 0.765. The minimum Gasteiger partial charge on any atom is -0.368 e. The van der Waals surface area contributed by atoms with Crippen LogP contribution >= 0.6 is 11.6 Å². The lowest BCUT2D eigenvalue weighted by atomic mass is 10.1. The summed E-state index contributed by atoms with van der Waals surface area (Å²) in [6, 6.07) is 17.4. The number of amides is 2. The summed E-state index contributed by atoms with van der Waals surface area (Å²) in [5, 5.41) is 0.634. The van der Waals surface area contributed by atoms with Crippen LogP contribution in [0.2, 0.25) is 5.02 Å². The molecule has 27 heavy (non-hydrogen) atoms. The summed E-state index contributed by atoms with van der Waals surface area (Å²) in [6.07, 6.45) is 0.569. The van der Waals surface area contributed by atoms with Crippen molar-refractivity contribution in [1.29, 1.82) is 0 Å². The van der Waals surface area contributed by atoms with E-state index in [4.69, 9.17) is 11.6 Å². The average molecular weight is 384 g/mol. The van der Waals surface area contributed by atoms with Crippen molar-refractivity contribution in [3.8, 4) is 0 Å². The van der Waals surface area contributed by atoms with Gasteiger partial charge in [-0.25, -0.2) is 0 Å². The Morgan fingerprint density at radius 2 is 1.52 bits per heavy atom. The molecule has 2 heterocycles. The van der Waals surface area contributed by atoms with Gasteiger partial charge in [-0.1, -0.05) is 29.8 Å². The van der Waals surface area contributed by atoms with Gasteiger partial charge in [0.05, 0.1) is 0 Å². The average Bonchev–Trinajstić information content (AvgIpc) is 3.10. The third-order valence-corrected chi connectivity index (χ3v) is 5.61. The number of halogens is 1. The van der Waals surface area contributed by atoms with Crippen LogP contribution in [0.15, 0.2) is 54.6 Å². The van der Waals surface area contributed by atoms with E-state index in [1.165, 1.54) is 5.69 Å². The first-order valence-corrected chi connectivity index (χ1v) is 9.67. The summed E-state index contributed by atoms with van der Waals surface area (Å²) >= 11 is 5.92. The maximum absolute atomic E-state index is 12.9. The van der Waals surface area contributed by atoms with Crippen LogP contribution in [0.1, 0.15) is 6.42 Å². The number of para-hydroxylation sites is 1. The Bertz CT molecular complexity index is 817. The van der Waals surface area contributed by atoms with Gasteiger partial charge in [0.2, 0.25) is 11.8 Å². The Labute approximate surface area is 164 Å². The summed E-state index contributed by atoms with van der Waals surface area (Å²) in [7, 11) is 0. The highest BCUT2D eigenvalue weighted by Crippen LogP contribution is 2.28. The van der Waals surface area contributed by atoms with E-state index >= 15 is 0 Å². The number of piperazine rings is 1. The maximum atomic E-state index is 12.9. The van der Waals surface area contributed by atoms with Crippen molar-refractivity contribution in [1.82, 2.24) is 4.90 Å². The van der Waals surface area contributed by atoms with E-state index in [1.807, 2.05) is 35.2 Å². The first kappa shape index (κ1) is 17.9. The number of carbonyl (C=O) groups is 2. The van der Waals surface area contributed by atoms with Crippen molar-refractivity contribution < 1.29 is 9.59 Å². The number of rotatable bonds is 3. The van der Waals surface area contributed by atoms with E-state index in [0.29, 0.717) is 31.1 Å². The maximum Gasteiger partial charge on any atom is 0.239 e. The van der Waals surface area contributed by atoms with E-state index in [9.17, 15) is 9.59 Å². The van der Waals surface area contributed by atoms with Crippen LogP contribution in [0.25, 0.3) is 0 Å². The highest BCUT2D eigenvalue weighted by Gasteiger charge is 2.40. The van der Waals surface area contributed by atoms with Crippen LogP contribution in [0, 0.1) is 5.92 Å². The smallest absolute Gasteiger partial charge is 0.239 e. The molecule has 6 heteroatoms. The van der Waals surface area contributed by atoms with Crippen molar-refractivity contribution in [3.05, 3.63) is 59.6 Å². The number of hydrogen-bond acceptors (Lipinski definition) is 3. The lowest BCUT2D eigenvalue weighted by molar-refractivity contribution is -0.140. The molecule has 0 aliphatic carbocycles. The van der Waals surface area contributed by atoms with Crippen molar-refractivity contribution in [2.45, 2.75) is 6.42 Å². The molecule has 2 aromatic carbocycles. The highest BCUT2D eigenvalue weighted by atomic mass is 35.5. The zero-order chi connectivity index (χ0) is 18.8. The molecule has 0 aromatic heterocycles. The third-order valence-electron chi connectivity index (χ3n) is 5.35. The predicted octanol–water partition coefficient (Wildman–Crippen LogP) is 3.04. The van der Waals surface area contributed by atoms with Crippen LogP contribution in [0.3, 0.4) is 0 Å². The lowest BCUT2D eigenvalue weighted by Crippen LogP contribution is -2.51. The Kier molecular flexibility index (Phi) is 5.03. The molecule has 1 unspecified atom stereocenters. The van der Waals surface area contributed by atoms with Gasteiger partial charge in [-0.3, -0.25) is 9.59 Å².